The molecule has 1 aliphatic rings. The van der Waals surface area contributed by atoms with E-state index in [2.05, 4.69) is 38.0 Å². The number of anilines is 1. The van der Waals surface area contributed by atoms with Crippen molar-refractivity contribution in [3.05, 3.63) is 23.9 Å². The Hall–Kier alpha value is -1.42. The molecule has 0 unspecified atom stereocenters. The first kappa shape index (κ1) is 15.0. The van der Waals surface area contributed by atoms with Crippen LogP contribution in [0.1, 0.15) is 33.3 Å². The third-order valence-electron chi connectivity index (χ3n) is 4.95. The zero-order chi connectivity index (χ0) is 15.0. The molecule has 0 spiro atoms. The molecule has 0 saturated heterocycles. The quantitative estimate of drug-likeness (QED) is 0.899. The van der Waals surface area contributed by atoms with E-state index in [0.29, 0.717) is 12.4 Å². The lowest BCUT2D eigenvalue weighted by Gasteiger charge is -2.07. The predicted molar refractivity (Wildman–Crippen MR) is 79.5 cm³/mol. The molecule has 1 amide bonds. The Balaban J connectivity index is 2.02. The first-order chi connectivity index (χ1) is 9.30. The molecule has 1 aromatic rings. The molecule has 1 aromatic heterocycles. The molecule has 1 N–H and O–H groups in total. The Labute approximate surface area is 120 Å². The predicted octanol–water partition coefficient (Wildman–Crippen LogP) is 2.89. The lowest BCUT2D eigenvalue weighted by Crippen LogP contribution is -2.18. The molecular formula is C16H24N2O2. The van der Waals surface area contributed by atoms with E-state index in [4.69, 9.17) is 4.74 Å². The normalized spacial score (nSPS) is 19.6. The number of pyridine rings is 1. The van der Waals surface area contributed by atoms with Crippen LogP contribution in [0.5, 0.6) is 0 Å². The van der Waals surface area contributed by atoms with Gasteiger partial charge in [0.1, 0.15) is 5.82 Å². The number of hydrogen-bond donors (Lipinski definition) is 1. The van der Waals surface area contributed by atoms with Crippen LogP contribution < -0.4 is 5.32 Å². The monoisotopic (exact) mass is 276 g/mol. The summed E-state index contributed by atoms with van der Waals surface area (Å²) in [5, 5.41) is 2.94. The number of aromatic nitrogens is 1. The molecule has 0 atom stereocenters. The SMILES string of the molecule is COCCc1ccnc(NC(=O)C2C(C)(C)C2(C)C)c1. The third-order valence-corrected chi connectivity index (χ3v) is 4.95. The number of ether oxygens (including phenoxy) is 1. The Morgan fingerprint density at radius 2 is 2.00 bits per heavy atom. The molecule has 1 heterocycles. The summed E-state index contributed by atoms with van der Waals surface area (Å²) in [6.45, 7) is 9.22. The van der Waals surface area contributed by atoms with E-state index < -0.39 is 0 Å². The summed E-state index contributed by atoms with van der Waals surface area (Å²) in [6.07, 6.45) is 2.55. The topological polar surface area (TPSA) is 51.2 Å². The van der Waals surface area contributed by atoms with E-state index in [1.807, 2.05) is 12.1 Å². The molecule has 20 heavy (non-hydrogen) atoms. The van der Waals surface area contributed by atoms with Gasteiger partial charge in [-0.15, -0.1) is 0 Å². The lowest BCUT2D eigenvalue weighted by molar-refractivity contribution is -0.118. The maximum Gasteiger partial charge on any atom is 0.229 e. The van der Waals surface area contributed by atoms with Crippen molar-refractivity contribution in [1.82, 2.24) is 4.98 Å². The third kappa shape index (κ3) is 2.57. The average molecular weight is 276 g/mol. The van der Waals surface area contributed by atoms with Crippen molar-refractivity contribution in [3.63, 3.8) is 0 Å². The smallest absolute Gasteiger partial charge is 0.229 e. The van der Waals surface area contributed by atoms with Gasteiger partial charge in [-0.2, -0.15) is 0 Å². The largest absolute Gasteiger partial charge is 0.384 e. The highest BCUT2D eigenvalue weighted by molar-refractivity contribution is 5.95. The van der Waals surface area contributed by atoms with Crippen LogP contribution in [0, 0.1) is 16.7 Å². The maximum atomic E-state index is 12.4. The molecule has 1 aliphatic carbocycles. The zero-order valence-corrected chi connectivity index (χ0v) is 13.0. The van der Waals surface area contributed by atoms with Gasteiger partial charge in [0.2, 0.25) is 5.91 Å². The molecule has 110 valence electrons. The molecule has 0 bridgehead atoms. The average Bonchev–Trinajstić information content (AvgIpc) is 2.77. The van der Waals surface area contributed by atoms with Crippen LogP contribution in [0.3, 0.4) is 0 Å². The summed E-state index contributed by atoms with van der Waals surface area (Å²) < 4.78 is 5.06. The van der Waals surface area contributed by atoms with Crippen LogP contribution in [0.25, 0.3) is 0 Å². The molecule has 1 saturated carbocycles. The van der Waals surface area contributed by atoms with Crippen LogP contribution in [-0.4, -0.2) is 24.6 Å². The van der Waals surface area contributed by atoms with E-state index in [0.717, 1.165) is 12.0 Å². The van der Waals surface area contributed by atoms with Gasteiger partial charge < -0.3 is 10.1 Å². The minimum absolute atomic E-state index is 0.0411. The van der Waals surface area contributed by atoms with Crippen molar-refractivity contribution in [2.75, 3.05) is 19.0 Å². The van der Waals surface area contributed by atoms with E-state index in [9.17, 15) is 4.79 Å². The van der Waals surface area contributed by atoms with Gasteiger partial charge >= 0.3 is 0 Å². The number of rotatable bonds is 5. The highest BCUT2D eigenvalue weighted by Crippen LogP contribution is 2.68. The fourth-order valence-corrected chi connectivity index (χ4v) is 2.97. The van der Waals surface area contributed by atoms with E-state index in [-0.39, 0.29) is 22.7 Å². The number of nitrogens with one attached hydrogen (secondary N) is 1. The Bertz CT molecular complexity index is 495. The van der Waals surface area contributed by atoms with E-state index in [1.54, 1.807) is 13.3 Å². The van der Waals surface area contributed by atoms with Crippen molar-refractivity contribution in [2.45, 2.75) is 34.1 Å². The Morgan fingerprint density at radius 3 is 2.55 bits per heavy atom. The number of nitrogens with zero attached hydrogens (tertiary/aromatic N) is 1. The van der Waals surface area contributed by atoms with Crippen molar-refractivity contribution >= 4 is 11.7 Å². The van der Waals surface area contributed by atoms with Crippen LogP contribution in [0.15, 0.2) is 18.3 Å². The number of methoxy groups -OCH3 is 1. The molecule has 4 nitrogen and oxygen atoms in total. The standard InChI is InChI=1S/C16H24N2O2/c1-15(2)13(16(15,3)4)14(19)18-12-10-11(6-8-17-12)7-9-20-5/h6,8,10,13H,7,9H2,1-5H3,(H,17,18,19). The molecule has 0 radical (unpaired) electrons. The summed E-state index contributed by atoms with van der Waals surface area (Å²) in [5.74, 6) is 0.734. The second-order valence-electron chi connectivity index (χ2n) is 6.66. The summed E-state index contributed by atoms with van der Waals surface area (Å²) >= 11 is 0. The number of carbonyl (C=O) groups excluding carboxylic acids is 1. The first-order valence-corrected chi connectivity index (χ1v) is 7.05. The van der Waals surface area contributed by atoms with Gasteiger partial charge in [-0.25, -0.2) is 4.98 Å². The molecule has 0 aromatic carbocycles. The molecule has 4 heteroatoms. The fraction of sp³-hybridized carbons (Fsp3) is 0.625. The van der Waals surface area contributed by atoms with Crippen LogP contribution >= 0.6 is 0 Å². The van der Waals surface area contributed by atoms with Crippen molar-refractivity contribution in [2.24, 2.45) is 16.7 Å². The minimum atomic E-state index is 0.0411. The van der Waals surface area contributed by atoms with Crippen LogP contribution in [-0.2, 0) is 16.0 Å². The van der Waals surface area contributed by atoms with Crippen molar-refractivity contribution in [3.8, 4) is 0 Å². The number of carbonyl (C=O) groups is 1. The van der Waals surface area contributed by atoms with Gasteiger partial charge in [0.15, 0.2) is 0 Å². The summed E-state index contributed by atoms with van der Waals surface area (Å²) in [7, 11) is 1.68. The molecule has 2 rings (SSSR count). The Morgan fingerprint density at radius 1 is 1.35 bits per heavy atom. The number of hydrogen-bond acceptors (Lipinski definition) is 3. The number of amides is 1. The van der Waals surface area contributed by atoms with Gasteiger partial charge in [-0.05, 0) is 34.9 Å². The second kappa shape index (κ2) is 5.17. The van der Waals surface area contributed by atoms with E-state index in [1.165, 1.54) is 0 Å². The van der Waals surface area contributed by atoms with Crippen molar-refractivity contribution < 1.29 is 9.53 Å². The van der Waals surface area contributed by atoms with Gasteiger partial charge in [0, 0.05) is 19.2 Å². The first-order valence-electron chi connectivity index (χ1n) is 7.05. The van der Waals surface area contributed by atoms with Crippen LogP contribution in [0.2, 0.25) is 0 Å². The van der Waals surface area contributed by atoms with Gasteiger partial charge in [-0.1, -0.05) is 27.7 Å². The molecule has 1 fully saturated rings. The Kier molecular flexibility index (Phi) is 3.87. The summed E-state index contributed by atoms with van der Waals surface area (Å²) in [4.78, 5) is 16.6. The van der Waals surface area contributed by atoms with Crippen LogP contribution in [0.4, 0.5) is 5.82 Å². The molecule has 0 aliphatic heterocycles. The van der Waals surface area contributed by atoms with Gasteiger partial charge in [0.25, 0.3) is 0 Å². The second-order valence-corrected chi connectivity index (χ2v) is 6.66. The highest BCUT2D eigenvalue weighted by atomic mass is 16.5. The summed E-state index contributed by atoms with van der Waals surface area (Å²) in [6, 6.07) is 3.86. The minimum Gasteiger partial charge on any atom is -0.384 e. The molecular weight excluding hydrogens is 252 g/mol. The van der Waals surface area contributed by atoms with Crippen molar-refractivity contribution in [1.29, 1.82) is 0 Å². The highest BCUT2D eigenvalue weighted by Gasteiger charge is 2.68. The zero-order valence-electron chi connectivity index (χ0n) is 13.0. The lowest BCUT2D eigenvalue weighted by atomic mass is 10.0. The van der Waals surface area contributed by atoms with E-state index >= 15 is 0 Å². The summed E-state index contributed by atoms with van der Waals surface area (Å²) in [5.41, 5.74) is 1.21. The fourth-order valence-electron chi connectivity index (χ4n) is 2.97. The van der Waals surface area contributed by atoms with Gasteiger partial charge in [0.05, 0.1) is 6.61 Å². The maximum absolute atomic E-state index is 12.4. The van der Waals surface area contributed by atoms with Gasteiger partial charge in [-0.3, -0.25) is 4.79 Å².